The van der Waals surface area contributed by atoms with Crippen molar-refractivity contribution < 1.29 is 13.2 Å². The van der Waals surface area contributed by atoms with Crippen molar-refractivity contribution in [2.75, 3.05) is 6.54 Å². The first kappa shape index (κ1) is 15.8. The molecule has 0 saturated heterocycles. The van der Waals surface area contributed by atoms with Crippen LogP contribution in [0.25, 0.3) is 0 Å². The third kappa shape index (κ3) is 4.22. The minimum absolute atomic E-state index is 0.0164. The number of nitrogens with one attached hydrogen (secondary N) is 1. The summed E-state index contributed by atoms with van der Waals surface area (Å²) in [6, 6.07) is 3.87. The Morgan fingerprint density at radius 3 is 2.60 bits per heavy atom. The highest BCUT2D eigenvalue weighted by Crippen LogP contribution is 2.38. The normalized spacial score (nSPS) is 17.2. The monoisotopic (exact) mass is 349 g/mol. The molecule has 1 nitrogen and oxygen atoms in total. The average molecular weight is 350 g/mol. The van der Waals surface area contributed by atoms with Crippen molar-refractivity contribution in [3.8, 4) is 0 Å². The van der Waals surface area contributed by atoms with Gasteiger partial charge in [0.1, 0.15) is 0 Å². The molecule has 1 aromatic rings. The van der Waals surface area contributed by atoms with E-state index < -0.39 is 11.7 Å². The van der Waals surface area contributed by atoms with Crippen molar-refractivity contribution in [1.29, 1.82) is 0 Å². The van der Waals surface area contributed by atoms with Crippen LogP contribution in [-0.2, 0) is 6.18 Å². The molecule has 0 aromatic heterocycles. The molecule has 1 aliphatic carbocycles. The van der Waals surface area contributed by atoms with Gasteiger partial charge in [0.25, 0.3) is 0 Å². The highest BCUT2D eigenvalue weighted by molar-refractivity contribution is 9.10. The molecule has 2 rings (SSSR count). The van der Waals surface area contributed by atoms with E-state index in [4.69, 9.17) is 0 Å². The molecular formula is C15H19BrF3N. The molecule has 112 valence electrons. The summed E-state index contributed by atoms with van der Waals surface area (Å²) >= 11 is 3.38. The highest BCUT2D eigenvalue weighted by atomic mass is 79.9. The van der Waals surface area contributed by atoms with Crippen LogP contribution in [0.1, 0.15) is 49.8 Å². The van der Waals surface area contributed by atoms with Crippen LogP contribution in [0.15, 0.2) is 22.7 Å². The predicted octanol–water partition coefficient (Wildman–Crippen LogP) is 5.31. The molecule has 0 heterocycles. The minimum Gasteiger partial charge on any atom is -0.310 e. The van der Waals surface area contributed by atoms with E-state index in [0.29, 0.717) is 5.56 Å². The van der Waals surface area contributed by atoms with Gasteiger partial charge in [-0.15, -0.1) is 0 Å². The third-order valence-electron chi connectivity index (χ3n) is 3.71. The van der Waals surface area contributed by atoms with Crippen LogP contribution in [0.3, 0.4) is 0 Å². The van der Waals surface area contributed by atoms with E-state index in [0.717, 1.165) is 35.8 Å². The van der Waals surface area contributed by atoms with Crippen LogP contribution in [0, 0.1) is 5.92 Å². The van der Waals surface area contributed by atoms with Crippen LogP contribution in [0.4, 0.5) is 13.2 Å². The lowest BCUT2D eigenvalue weighted by Crippen LogP contribution is -2.22. The summed E-state index contributed by atoms with van der Waals surface area (Å²) < 4.78 is 39.3. The number of hydrogen-bond acceptors (Lipinski definition) is 1. The van der Waals surface area contributed by atoms with E-state index in [1.807, 2.05) is 6.92 Å². The molecule has 0 bridgehead atoms. The van der Waals surface area contributed by atoms with Gasteiger partial charge in [-0.25, -0.2) is 0 Å². The Hall–Kier alpha value is -0.550. The molecule has 1 fully saturated rings. The van der Waals surface area contributed by atoms with Crippen LogP contribution in [0.5, 0.6) is 0 Å². The van der Waals surface area contributed by atoms with Crippen LogP contribution in [0.2, 0.25) is 0 Å². The summed E-state index contributed by atoms with van der Waals surface area (Å²) in [4.78, 5) is 0. The van der Waals surface area contributed by atoms with Crippen LogP contribution in [-0.4, -0.2) is 6.54 Å². The van der Waals surface area contributed by atoms with Gasteiger partial charge in [0.2, 0.25) is 0 Å². The van der Waals surface area contributed by atoms with E-state index in [-0.39, 0.29) is 6.04 Å². The zero-order valence-corrected chi connectivity index (χ0v) is 13.0. The quantitative estimate of drug-likeness (QED) is 0.733. The summed E-state index contributed by atoms with van der Waals surface area (Å²) in [5.41, 5.74) is 0.132. The second-order valence-electron chi connectivity index (χ2n) is 5.37. The molecular weight excluding hydrogens is 331 g/mol. The van der Waals surface area contributed by atoms with Gasteiger partial charge in [-0.3, -0.25) is 0 Å². The smallest absolute Gasteiger partial charge is 0.310 e. The van der Waals surface area contributed by atoms with Crippen molar-refractivity contribution in [1.82, 2.24) is 5.32 Å². The number of benzene rings is 1. The fourth-order valence-electron chi connectivity index (χ4n) is 2.41. The lowest BCUT2D eigenvalue weighted by atomic mass is 9.98. The largest absolute Gasteiger partial charge is 0.416 e. The van der Waals surface area contributed by atoms with Gasteiger partial charge in [0.05, 0.1) is 5.56 Å². The maximum atomic E-state index is 12.8. The van der Waals surface area contributed by atoms with Crippen molar-refractivity contribution >= 4 is 15.9 Å². The predicted molar refractivity (Wildman–Crippen MR) is 77.5 cm³/mol. The first-order chi connectivity index (χ1) is 9.41. The molecule has 0 spiro atoms. The molecule has 1 aliphatic rings. The Kier molecular flexibility index (Phi) is 5.13. The molecule has 1 aromatic carbocycles. The second kappa shape index (κ2) is 6.48. The fraction of sp³-hybridized carbons (Fsp3) is 0.600. The topological polar surface area (TPSA) is 12.0 Å². The molecule has 0 radical (unpaired) electrons. The van der Waals surface area contributed by atoms with E-state index >= 15 is 0 Å². The Morgan fingerprint density at radius 1 is 1.35 bits per heavy atom. The standard InChI is InChI=1S/C15H19BrF3N/c1-2-20-14(8-5-10-3-4-10)12-9-11(15(17,18)19)6-7-13(12)16/h6-7,9-10,14,20H,2-5,8H2,1H3. The maximum absolute atomic E-state index is 12.8. The fourth-order valence-corrected chi connectivity index (χ4v) is 2.93. The number of rotatable bonds is 6. The molecule has 20 heavy (non-hydrogen) atoms. The molecule has 1 N–H and O–H groups in total. The summed E-state index contributed by atoms with van der Waals surface area (Å²) in [5.74, 6) is 0.778. The summed E-state index contributed by atoms with van der Waals surface area (Å²) in [6.45, 7) is 2.73. The van der Waals surface area contributed by atoms with E-state index in [2.05, 4.69) is 21.2 Å². The van der Waals surface area contributed by atoms with Crippen LogP contribution >= 0.6 is 15.9 Å². The Balaban J connectivity index is 2.20. The first-order valence-corrected chi connectivity index (χ1v) is 7.81. The SMILES string of the molecule is CCNC(CCC1CC1)c1cc(C(F)(F)F)ccc1Br. The maximum Gasteiger partial charge on any atom is 0.416 e. The summed E-state index contributed by atoms with van der Waals surface area (Å²) in [7, 11) is 0. The Bertz CT molecular complexity index is 455. The highest BCUT2D eigenvalue weighted by Gasteiger charge is 2.32. The van der Waals surface area contributed by atoms with Crippen molar-refractivity contribution in [2.45, 2.75) is 44.8 Å². The zero-order valence-electron chi connectivity index (χ0n) is 11.4. The van der Waals surface area contributed by atoms with Crippen LogP contribution < -0.4 is 5.32 Å². The average Bonchev–Trinajstić information content (AvgIpc) is 3.18. The second-order valence-corrected chi connectivity index (χ2v) is 6.22. The lowest BCUT2D eigenvalue weighted by Gasteiger charge is -2.21. The number of hydrogen-bond donors (Lipinski definition) is 1. The molecule has 0 amide bonds. The lowest BCUT2D eigenvalue weighted by molar-refractivity contribution is -0.137. The molecule has 1 saturated carbocycles. The molecule has 5 heteroatoms. The van der Waals surface area contributed by atoms with Gasteiger partial charge in [-0.1, -0.05) is 35.7 Å². The summed E-state index contributed by atoms with van der Waals surface area (Å²) in [5, 5.41) is 3.30. The van der Waals surface area contributed by atoms with Crippen molar-refractivity contribution in [2.24, 2.45) is 5.92 Å². The van der Waals surface area contributed by atoms with Gasteiger partial charge in [0.15, 0.2) is 0 Å². The number of halogens is 4. The van der Waals surface area contributed by atoms with E-state index in [1.54, 1.807) is 0 Å². The summed E-state index contributed by atoms with van der Waals surface area (Å²) in [6.07, 6.45) is 0.215. The minimum atomic E-state index is -4.29. The van der Waals surface area contributed by atoms with Gasteiger partial charge in [-0.05, 0) is 49.1 Å². The zero-order chi connectivity index (χ0) is 14.8. The molecule has 0 aliphatic heterocycles. The van der Waals surface area contributed by atoms with Crippen molar-refractivity contribution in [3.05, 3.63) is 33.8 Å². The Labute approximate surface area is 126 Å². The molecule has 1 unspecified atom stereocenters. The van der Waals surface area contributed by atoms with Crippen molar-refractivity contribution in [3.63, 3.8) is 0 Å². The van der Waals surface area contributed by atoms with E-state index in [1.165, 1.54) is 25.0 Å². The van der Waals surface area contributed by atoms with Gasteiger partial charge < -0.3 is 5.32 Å². The van der Waals surface area contributed by atoms with Gasteiger partial charge >= 0.3 is 6.18 Å². The van der Waals surface area contributed by atoms with Gasteiger partial charge in [0, 0.05) is 10.5 Å². The third-order valence-corrected chi connectivity index (χ3v) is 4.43. The number of alkyl halides is 3. The van der Waals surface area contributed by atoms with E-state index in [9.17, 15) is 13.2 Å². The molecule has 1 atom stereocenters. The van der Waals surface area contributed by atoms with Gasteiger partial charge in [-0.2, -0.15) is 13.2 Å². The first-order valence-electron chi connectivity index (χ1n) is 7.01. The Morgan fingerprint density at radius 2 is 2.05 bits per heavy atom.